The Bertz CT molecular complexity index is 2300. The third kappa shape index (κ3) is 3.62. The SMILES string of the molecule is Cc1cc2sc3ccccc3c2c(C)c1-c1nc2sccc2cc1-c1c(C)cc2ncn(-c3ccccc3)c2c1C. The van der Waals surface area contributed by atoms with Crippen LogP contribution in [0.4, 0.5) is 0 Å². The first-order valence-corrected chi connectivity index (χ1v) is 15.5. The maximum absolute atomic E-state index is 5.40. The average Bonchev–Trinajstić information content (AvgIpc) is 3.70. The highest BCUT2D eigenvalue weighted by Crippen LogP contribution is 2.46. The molecule has 0 saturated carbocycles. The van der Waals surface area contributed by atoms with Crippen LogP contribution in [0.25, 0.3) is 69.5 Å². The largest absolute Gasteiger partial charge is 0.299 e. The molecule has 8 rings (SSSR count). The van der Waals surface area contributed by atoms with Crippen molar-refractivity contribution in [3.8, 4) is 28.1 Å². The number of fused-ring (bicyclic) bond motifs is 5. The zero-order chi connectivity index (χ0) is 27.8. The molecular weight excluding hydrogens is 539 g/mol. The molecule has 8 aromatic rings. The van der Waals surface area contributed by atoms with Crippen LogP contribution < -0.4 is 0 Å². The maximum atomic E-state index is 5.40. The van der Waals surface area contributed by atoms with Crippen LogP contribution in [0.5, 0.6) is 0 Å². The third-order valence-electron chi connectivity index (χ3n) is 8.37. The predicted octanol–water partition coefficient (Wildman–Crippen LogP) is 10.6. The molecule has 0 fully saturated rings. The van der Waals surface area contributed by atoms with Crippen LogP contribution in [0.1, 0.15) is 22.3 Å². The molecule has 0 unspecified atom stereocenters. The lowest BCUT2D eigenvalue weighted by Gasteiger charge is -2.19. The summed E-state index contributed by atoms with van der Waals surface area (Å²) in [5, 5.41) is 6.00. The summed E-state index contributed by atoms with van der Waals surface area (Å²) in [5.41, 5.74) is 13.0. The van der Waals surface area contributed by atoms with Crippen molar-refractivity contribution < 1.29 is 0 Å². The molecule has 0 radical (unpaired) electrons. The molecule has 5 heteroatoms. The van der Waals surface area contributed by atoms with Gasteiger partial charge < -0.3 is 0 Å². The van der Waals surface area contributed by atoms with E-state index in [0.717, 1.165) is 27.2 Å². The molecule has 4 heterocycles. The minimum absolute atomic E-state index is 1.01. The molecule has 4 aromatic heterocycles. The number of aryl methyl sites for hydroxylation is 4. The molecule has 0 saturated heterocycles. The van der Waals surface area contributed by atoms with E-state index in [9.17, 15) is 0 Å². The normalized spacial score (nSPS) is 11.9. The van der Waals surface area contributed by atoms with Gasteiger partial charge in [0, 0.05) is 42.4 Å². The summed E-state index contributed by atoms with van der Waals surface area (Å²) in [7, 11) is 0. The lowest BCUT2D eigenvalue weighted by molar-refractivity contribution is 1.09. The van der Waals surface area contributed by atoms with Gasteiger partial charge in [-0.05, 0) is 103 Å². The van der Waals surface area contributed by atoms with Gasteiger partial charge in [0.15, 0.2) is 0 Å². The number of hydrogen-bond donors (Lipinski definition) is 0. The standard InChI is InChI=1S/C36H27N3S2/c1-20-16-28-35(39(19-37-28)25-10-6-5-7-11-25)23(4)31(20)27-18-24-14-15-40-36(24)38-34(27)32-21(2)17-30-33(22(32)3)26-12-8-9-13-29(26)41-30/h5-19H,1-4H3. The van der Waals surface area contributed by atoms with Crippen LogP contribution in [0, 0.1) is 27.7 Å². The van der Waals surface area contributed by atoms with Gasteiger partial charge in [0.1, 0.15) is 11.2 Å². The first-order valence-electron chi connectivity index (χ1n) is 13.8. The molecule has 41 heavy (non-hydrogen) atoms. The molecule has 0 spiro atoms. The number of benzene rings is 4. The van der Waals surface area contributed by atoms with Gasteiger partial charge in [-0.3, -0.25) is 4.57 Å². The lowest BCUT2D eigenvalue weighted by atomic mass is 9.87. The topological polar surface area (TPSA) is 30.7 Å². The number of para-hydroxylation sites is 1. The van der Waals surface area contributed by atoms with Crippen molar-refractivity contribution >= 4 is 64.1 Å². The van der Waals surface area contributed by atoms with Crippen LogP contribution in [-0.4, -0.2) is 14.5 Å². The number of rotatable bonds is 3. The fourth-order valence-electron chi connectivity index (χ4n) is 6.62. The molecular formula is C36H27N3S2. The Morgan fingerprint density at radius 3 is 2.37 bits per heavy atom. The molecule has 4 aromatic carbocycles. The zero-order valence-corrected chi connectivity index (χ0v) is 25.0. The maximum Gasteiger partial charge on any atom is 0.124 e. The predicted molar refractivity (Wildman–Crippen MR) is 177 cm³/mol. The molecule has 0 aliphatic heterocycles. The summed E-state index contributed by atoms with van der Waals surface area (Å²) in [6.07, 6.45) is 1.95. The smallest absolute Gasteiger partial charge is 0.124 e. The van der Waals surface area contributed by atoms with Crippen LogP contribution >= 0.6 is 22.7 Å². The molecule has 0 amide bonds. The number of imidazole rings is 1. The highest BCUT2D eigenvalue weighted by atomic mass is 32.1. The number of hydrogen-bond acceptors (Lipinski definition) is 4. The van der Waals surface area contributed by atoms with Gasteiger partial charge in [-0.25, -0.2) is 9.97 Å². The van der Waals surface area contributed by atoms with Crippen molar-refractivity contribution in [1.29, 1.82) is 0 Å². The quantitative estimate of drug-likeness (QED) is 0.213. The van der Waals surface area contributed by atoms with E-state index in [0.29, 0.717) is 0 Å². The second-order valence-electron chi connectivity index (χ2n) is 10.9. The number of pyridine rings is 1. The number of thiophene rings is 2. The monoisotopic (exact) mass is 565 g/mol. The van der Waals surface area contributed by atoms with Gasteiger partial charge in [-0.2, -0.15) is 0 Å². The van der Waals surface area contributed by atoms with Gasteiger partial charge in [0.25, 0.3) is 0 Å². The van der Waals surface area contributed by atoms with E-state index in [4.69, 9.17) is 9.97 Å². The molecule has 0 atom stereocenters. The van der Waals surface area contributed by atoms with E-state index < -0.39 is 0 Å². The summed E-state index contributed by atoms with van der Waals surface area (Å²) in [6, 6.07) is 28.4. The van der Waals surface area contributed by atoms with E-state index in [-0.39, 0.29) is 0 Å². The minimum atomic E-state index is 1.01. The lowest BCUT2D eigenvalue weighted by Crippen LogP contribution is -2.00. The Labute approximate surface area is 246 Å². The Hall–Kier alpha value is -4.32. The molecule has 0 bridgehead atoms. The molecule has 3 nitrogen and oxygen atoms in total. The fraction of sp³-hybridized carbons (Fsp3) is 0.111. The van der Waals surface area contributed by atoms with Gasteiger partial charge in [-0.1, -0.05) is 36.4 Å². The first-order chi connectivity index (χ1) is 20.0. The van der Waals surface area contributed by atoms with Gasteiger partial charge in [0.05, 0.1) is 16.7 Å². The van der Waals surface area contributed by atoms with Crippen molar-refractivity contribution in [3.05, 3.63) is 113 Å². The van der Waals surface area contributed by atoms with Crippen LogP contribution in [-0.2, 0) is 0 Å². The summed E-state index contributed by atoms with van der Waals surface area (Å²) >= 11 is 3.59. The van der Waals surface area contributed by atoms with E-state index in [1.807, 2.05) is 17.7 Å². The van der Waals surface area contributed by atoms with Gasteiger partial charge in [0.2, 0.25) is 0 Å². The average molecular weight is 566 g/mol. The zero-order valence-electron chi connectivity index (χ0n) is 23.3. The second-order valence-corrected chi connectivity index (χ2v) is 12.9. The van der Waals surface area contributed by atoms with E-state index in [1.54, 1.807) is 11.3 Å². The van der Waals surface area contributed by atoms with E-state index >= 15 is 0 Å². The number of nitrogens with zero attached hydrogens (tertiary/aromatic N) is 3. The molecule has 198 valence electrons. The van der Waals surface area contributed by atoms with Crippen molar-refractivity contribution in [2.24, 2.45) is 0 Å². The van der Waals surface area contributed by atoms with Crippen molar-refractivity contribution in [2.75, 3.05) is 0 Å². The molecule has 0 N–H and O–H groups in total. The highest BCUT2D eigenvalue weighted by molar-refractivity contribution is 7.25. The third-order valence-corrected chi connectivity index (χ3v) is 10.3. The summed E-state index contributed by atoms with van der Waals surface area (Å²) in [4.78, 5) is 11.3. The van der Waals surface area contributed by atoms with Crippen molar-refractivity contribution in [2.45, 2.75) is 27.7 Å². The minimum Gasteiger partial charge on any atom is -0.299 e. The Morgan fingerprint density at radius 1 is 0.732 bits per heavy atom. The van der Waals surface area contributed by atoms with Crippen LogP contribution in [0.3, 0.4) is 0 Å². The van der Waals surface area contributed by atoms with Gasteiger partial charge >= 0.3 is 0 Å². The summed E-state index contributed by atoms with van der Waals surface area (Å²) in [6.45, 7) is 8.97. The van der Waals surface area contributed by atoms with Crippen molar-refractivity contribution in [1.82, 2.24) is 14.5 Å². The Kier molecular flexibility index (Phi) is 5.43. The fourth-order valence-corrected chi connectivity index (χ4v) is 8.63. The molecule has 0 aliphatic rings. The second kappa shape index (κ2) is 9.10. The van der Waals surface area contributed by atoms with Crippen LogP contribution in [0.2, 0.25) is 0 Å². The molecule has 0 aliphatic carbocycles. The van der Waals surface area contributed by atoms with E-state index in [2.05, 4.69) is 117 Å². The number of aromatic nitrogens is 3. The summed E-state index contributed by atoms with van der Waals surface area (Å²) < 4.78 is 4.88. The van der Waals surface area contributed by atoms with Gasteiger partial charge in [-0.15, -0.1) is 22.7 Å². The highest BCUT2D eigenvalue weighted by Gasteiger charge is 2.23. The van der Waals surface area contributed by atoms with Crippen LogP contribution in [0.15, 0.2) is 90.6 Å². The first kappa shape index (κ1) is 24.5. The summed E-state index contributed by atoms with van der Waals surface area (Å²) in [5.74, 6) is 0. The van der Waals surface area contributed by atoms with E-state index in [1.165, 1.54) is 64.5 Å². The van der Waals surface area contributed by atoms with Crippen molar-refractivity contribution in [3.63, 3.8) is 0 Å². The Morgan fingerprint density at radius 2 is 1.51 bits per heavy atom. The Balaban J connectivity index is 1.47.